The van der Waals surface area contributed by atoms with Crippen LogP contribution in [-0.4, -0.2) is 22.9 Å². The van der Waals surface area contributed by atoms with Gasteiger partial charge in [0.15, 0.2) is 0 Å². The van der Waals surface area contributed by atoms with E-state index < -0.39 is 4.92 Å². The summed E-state index contributed by atoms with van der Waals surface area (Å²) >= 11 is 1.27. The molecule has 0 atom stereocenters. The number of ether oxygens (including phenoxy) is 1. The monoisotopic (exact) mass is 319 g/mol. The molecule has 3 rings (SSSR count). The van der Waals surface area contributed by atoms with Crippen molar-refractivity contribution in [1.82, 2.24) is 4.98 Å². The number of hydrogen-bond donors (Lipinski definition) is 1. The molecule has 1 aromatic carbocycles. The molecule has 2 aromatic rings. The molecule has 0 unspecified atom stereocenters. The number of nitrogens with zero attached hydrogens (tertiary/aromatic N) is 2. The van der Waals surface area contributed by atoms with Gasteiger partial charge in [-0.05, 0) is 18.9 Å². The molecule has 22 heavy (non-hydrogen) atoms. The Bertz CT molecular complexity index is 739. The van der Waals surface area contributed by atoms with Crippen molar-refractivity contribution in [3.05, 3.63) is 44.4 Å². The molecule has 8 heteroatoms. The number of nitrogens with one attached hydrogen (secondary N) is 1. The van der Waals surface area contributed by atoms with Gasteiger partial charge in [-0.25, -0.2) is 4.98 Å². The Morgan fingerprint density at radius 1 is 1.50 bits per heavy atom. The van der Waals surface area contributed by atoms with E-state index in [1.165, 1.54) is 36.6 Å². The lowest BCUT2D eigenvalue weighted by molar-refractivity contribution is -0.384. The molecule has 0 radical (unpaired) electrons. The number of carbonyl (C=O) groups excluding carboxylic acids is 1. The van der Waals surface area contributed by atoms with E-state index in [4.69, 9.17) is 4.74 Å². The highest BCUT2D eigenvalue weighted by molar-refractivity contribution is 7.12. The van der Waals surface area contributed by atoms with E-state index in [0.717, 1.165) is 18.5 Å². The van der Waals surface area contributed by atoms with Gasteiger partial charge in [-0.1, -0.05) is 0 Å². The summed E-state index contributed by atoms with van der Waals surface area (Å²) in [6, 6.07) is 4.08. The molecule has 1 saturated carbocycles. The number of aromatic nitrogens is 1. The molecular weight excluding hydrogens is 306 g/mol. The maximum atomic E-state index is 12.4. The smallest absolute Gasteiger partial charge is 0.271 e. The van der Waals surface area contributed by atoms with Gasteiger partial charge in [0.1, 0.15) is 10.6 Å². The molecule has 1 aromatic heterocycles. The number of non-ortho nitro benzene ring substituents is 1. The first-order valence-corrected chi connectivity index (χ1v) is 7.55. The number of rotatable bonds is 5. The summed E-state index contributed by atoms with van der Waals surface area (Å²) in [6.45, 7) is 0. The molecule has 1 aliphatic rings. The number of benzene rings is 1. The molecule has 114 valence electrons. The van der Waals surface area contributed by atoms with Gasteiger partial charge < -0.3 is 10.1 Å². The molecule has 0 spiro atoms. The van der Waals surface area contributed by atoms with Crippen LogP contribution in [0.25, 0.3) is 0 Å². The molecule has 0 saturated heterocycles. The number of amides is 1. The Morgan fingerprint density at radius 2 is 2.27 bits per heavy atom. The maximum Gasteiger partial charge on any atom is 0.271 e. The summed E-state index contributed by atoms with van der Waals surface area (Å²) in [5, 5.41) is 13.5. The fraction of sp³-hybridized carbons (Fsp3) is 0.286. The second kappa shape index (κ2) is 5.72. The fourth-order valence-electron chi connectivity index (χ4n) is 2.16. The summed E-state index contributed by atoms with van der Waals surface area (Å²) in [4.78, 5) is 27.6. The minimum absolute atomic E-state index is 0.108. The van der Waals surface area contributed by atoms with Crippen molar-refractivity contribution >= 4 is 28.6 Å². The lowest BCUT2D eigenvalue weighted by Gasteiger charge is -2.09. The lowest BCUT2D eigenvalue weighted by atomic mass is 10.2. The Labute approximate surface area is 130 Å². The van der Waals surface area contributed by atoms with Crippen LogP contribution in [0.3, 0.4) is 0 Å². The van der Waals surface area contributed by atoms with Crippen LogP contribution >= 0.6 is 11.3 Å². The van der Waals surface area contributed by atoms with E-state index >= 15 is 0 Å². The third-order valence-corrected chi connectivity index (χ3v) is 4.25. The van der Waals surface area contributed by atoms with E-state index in [-0.39, 0.29) is 17.3 Å². The van der Waals surface area contributed by atoms with E-state index in [9.17, 15) is 14.9 Å². The van der Waals surface area contributed by atoms with Crippen LogP contribution in [0.5, 0.6) is 5.75 Å². The summed E-state index contributed by atoms with van der Waals surface area (Å²) in [5.41, 5.74) is 2.62. The zero-order valence-corrected chi connectivity index (χ0v) is 12.6. The number of thiazole rings is 1. The van der Waals surface area contributed by atoms with E-state index in [0.29, 0.717) is 16.5 Å². The molecule has 1 heterocycles. The highest BCUT2D eigenvalue weighted by Crippen LogP contribution is 2.42. The Kier molecular flexibility index (Phi) is 3.76. The predicted molar refractivity (Wildman–Crippen MR) is 81.7 cm³/mol. The minimum atomic E-state index is -0.516. The van der Waals surface area contributed by atoms with Crippen LogP contribution in [0.15, 0.2) is 23.7 Å². The largest absolute Gasteiger partial charge is 0.495 e. The molecule has 7 nitrogen and oxygen atoms in total. The van der Waals surface area contributed by atoms with Crippen molar-refractivity contribution in [2.24, 2.45) is 0 Å². The van der Waals surface area contributed by atoms with Crippen LogP contribution in [0.4, 0.5) is 11.4 Å². The first-order valence-electron chi connectivity index (χ1n) is 6.67. The molecule has 0 aliphatic heterocycles. The van der Waals surface area contributed by atoms with Gasteiger partial charge in [-0.2, -0.15) is 0 Å². The van der Waals surface area contributed by atoms with Gasteiger partial charge in [-0.3, -0.25) is 14.9 Å². The van der Waals surface area contributed by atoms with Gasteiger partial charge >= 0.3 is 0 Å². The van der Waals surface area contributed by atoms with Crippen molar-refractivity contribution in [3.63, 3.8) is 0 Å². The van der Waals surface area contributed by atoms with Crippen molar-refractivity contribution in [3.8, 4) is 5.75 Å². The van der Waals surface area contributed by atoms with Crippen molar-refractivity contribution in [2.75, 3.05) is 12.4 Å². The fourth-order valence-corrected chi connectivity index (χ4v) is 2.93. The van der Waals surface area contributed by atoms with Crippen LogP contribution in [0.2, 0.25) is 0 Å². The number of nitro groups is 1. The zero-order valence-electron chi connectivity index (χ0n) is 11.7. The summed E-state index contributed by atoms with van der Waals surface area (Å²) in [6.07, 6.45) is 2.09. The molecule has 1 amide bonds. The van der Waals surface area contributed by atoms with Gasteiger partial charge in [0.05, 0.1) is 28.9 Å². The topological polar surface area (TPSA) is 94.4 Å². The Balaban J connectivity index is 1.88. The average molecular weight is 319 g/mol. The molecular formula is C14H13N3O4S. The van der Waals surface area contributed by atoms with Crippen LogP contribution in [0.1, 0.15) is 34.1 Å². The van der Waals surface area contributed by atoms with E-state index in [1.807, 2.05) is 0 Å². The molecule has 1 fully saturated rings. The van der Waals surface area contributed by atoms with Gasteiger partial charge in [0.25, 0.3) is 11.6 Å². The first-order chi connectivity index (χ1) is 10.6. The number of anilines is 1. The van der Waals surface area contributed by atoms with Crippen molar-refractivity contribution < 1.29 is 14.5 Å². The van der Waals surface area contributed by atoms with Crippen LogP contribution in [0, 0.1) is 10.1 Å². The van der Waals surface area contributed by atoms with E-state index in [2.05, 4.69) is 10.3 Å². The maximum absolute atomic E-state index is 12.4. The predicted octanol–water partition coefficient (Wildman–Crippen LogP) is 3.19. The highest BCUT2D eigenvalue weighted by atomic mass is 32.1. The second-order valence-electron chi connectivity index (χ2n) is 4.94. The van der Waals surface area contributed by atoms with Crippen LogP contribution < -0.4 is 10.1 Å². The summed E-state index contributed by atoms with van der Waals surface area (Å²) in [5.74, 6) is 0.415. The Hall–Kier alpha value is -2.48. The van der Waals surface area contributed by atoms with Crippen molar-refractivity contribution in [1.29, 1.82) is 0 Å². The Morgan fingerprint density at radius 3 is 2.91 bits per heavy atom. The van der Waals surface area contributed by atoms with Gasteiger partial charge in [0.2, 0.25) is 0 Å². The number of methoxy groups -OCH3 is 1. The molecule has 1 aliphatic carbocycles. The standard InChI is InChI=1S/C14H13N3O4S/c1-21-11-5-4-9(17(19)20)6-10(11)16-14(18)13-12(8-2-3-8)15-7-22-13/h4-8H,2-3H2,1H3,(H,16,18). The third-order valence-electron chi connectivity index (χ3n) is 3.41. The van der Waals surface area contributed by atoms with Gasteiger partial charge in [-0.15, -0.1) is 11.3 Å². The molecule has 1 N–H and O–H groups in total. The van der Waals surface area contributed by atoms with E-state index in [1.54, 1.807) is 5.51 Å². The second-order valence-corrected chi connectivity index (χ2v) is 5.79. The number of hydrogen-bond acceptors (Lipinski definition) is 6. The van der Waals surface area contributed by atoms with Crippen molar-refractivity contribution in [2.45, 2.75) is 18.8 Å². The average Bonchev–Trinajstić information content (AvgIpc) is 3.23. The summed E-state index contributed by atoms with van der Waals surface area (Å²) in [7, 11) is 1.44. The molecule has 0 bridgehead atoms. The lowest BCUT2D eigenvalue weighted by Crippen LogP contribution is -2.13. The van der Waals surface area contributed by atoms with Gasteiger partial charge in [0, 0.05) is 18.1 Å². The third kappa shape index (κ3) is 2.77. The van der Waals surface area contributed by atoms with Crippen LogP contribution in [-0.2, 0) is 0 Å². The highest BCUT2D eigenvalue weighted by Gasteiger charge is 2.31. The number of nitro benzene ring substituents is 1. The normalized spacial score (nSPS) is 13.7. The SMILES string of the molecule is COc1ccc([N+](=O)[O-])cc1NC(=O)c1scnc1C1CC1. The zero-order chi connectivity index (χ0) is 15.7. The quantitative estimate of drug-likeness (QED) is 0.674. The number of carbonyl (C=O) groups is 1. The summed E-state index contributed by atoms with van der Waals surface area (Å²) < 4.78 is 5.14. The first kappa shape index (κ1) is 14.5. The minimum Gasteiger partial charge on any atom is -0.495 e.